The second-order valence-electron chi connectivity index (χ2n) is 5.95. The standard InChI is InChI=1S/C16H27IN2O/c1-12(2)19(8-6-7-18(4)5)11-14-10-15(17)9-13(3)16(14)20/h9-10,12,20H,6-8,11H2,1-5H3. The molecule has 0 saturated carbocycles. The second kappa shape index (κ2) is 8.20. The summed E-state index contributed by atoms with van der Waals surface area (Å²) in [5.74, 6) is 0.448. The third-order valence-corrected chi connectivity index (χ3v) is 4.12. The van der Waals surface area contributed by atoms with E-state index in [0.29, 0.717) is 11.8 Å². The van der Waals surface area contributed by atoms with Gasteiger partial charge in [-0.2, -0.15) is 0 Å². The number of rotatable bonds is 7. The minimum atomic E-state index is 0.448. The smallest absolute Gasteiger partial charge is 0.123 e. The molecule has 0 aliphatic carbocycles. The average molecular weight is 390 g/mol. The van der Waals surface area contributed by atoms with Gasteiger partial charge in [-0.3, -0.25) is 4.90 Å². The van der Waals surface area contributed by atoms with Crippen molar-refractivity contribution in [2.24, 2.45) is 0 Å². The number of hydrogen-bond donors (Lipinski definition) is 1. The molecule has 0 fully saturated rings. The molecule has 0 spiro atoms. The highest BCUT2D eigenvalue weighted by Gasteiger charge is 2.14. The summed E-state index contributed by atoms with van der Waals surface area (Å²) in [5, 5.41) is 10.2. The summed E-state index contributed by atoms with van der Waals surface area (Å²) in [6, 6.07) is 4.59. The Labute approximate surface area is 137 Å². The van der Waals surface area contributed by atoms with E-state index in [2.05, 4.69) is 66.4 Å². The van der Waals surface area contributed by atoms with Crippen LogP contribution in [0.3, 0.4) is 0 Å². The lowest BCUT2D eigenvalue weighted by Gasteiger charge is -2.27. The number of hydrogen-bond acceptors (Lipinski definition) is 3. The van der Waals surface area contributed by atoms with Gasteiger partial charge in [0.2, 0.25) is 0 Å². The molecule has 0 aliphatic rings. The minimum Gasteiger partial charge on any atom is -0.507 e. The molecule has 0 aromatic heterocycles. The van der Waals surface area contributed by atoms with E-state index in [9.17, 15) is 5.11 Å². The van der Waals surface area contributed by atoms with Gasteiger partial charge in [0.15, 0.2) is 0 Å². The number of aromatic hydroxyl groups is 1. The molecule has 0 bridgehead atoms. The van der Waals surface area contributed by atoms with Crippen molar-refractivity contribution < 1.29 is 5.11 Å². The van der Waals surface area contributed by atoms with Gasteiger partial charge in [-0.05, 0) is 94.7 Å². The van der Waals surface area contributed by atoms with Crippen LogP contribution in [-0.2, 0) is 6.54 Å². The van der Waals surface area contributed by atoms with Crippen LogP contribution in [0.2, 0.25) is 0 Å². The van der Waals surface area contributed by atoms with Crippen LogP contribution in [-0.4, -0.2) is 48.1 Å². The molecule has 0 unspecified atom stereocenters. The van der Waals surface area contributed by atoms with Gasteiger partial charge in [0.05, 0.1) is 0 Å². The van der Waals surface area contributed by atoms with Crippen molar-refractivity contribution >= 4 is 22.6 Å². The van der Waals surface area contributed by atoms with E-state index in [1.807, 2.05) is 13.0 Å². The lowest BCUT2D eigenvalue weighted by Crippen LogP contribution is -2.33. The highest BCUT2D eigenvalue weighted by Crippen LogP contribution is 2.26. The van der Waals surface area contributed by atoms with Gasteiger partial charge in [-0.15, -0.1) is 0 Å². The van der Waals surface area contributed by atoms with Crippen molar-refractivity contribution in [2.45, 2.75) is 39.8 Å². The maximum Gasteiger partial charge on any atom is 0.123 e. The highest BCUT2D eigenvalue weighted by atomic mass is 127. The molecule has 4 heteroatoms. The van der Waals surface area contributed by atoms with Gasteiger partial charge in [-0.1, -0.05) is 0 Å². The largest absolute Gasteiger partial charge is 0.507 e. The normalized spacial score (nSPS) is 11.8. The summed E-state index contributed by atoms with van der Waals surface area (Å²) in [6.07, 6.45) is 1.15. The zero-order chi connectivity index (χ0) is 15.3. The Bertz CT molecular complexity index is 433. The predicted octanol–water partition coefficient (Wildman–Crippen LogP) is 3.47. The first-order valence-corrected chi connectivity index (χ1v) is 8.26. The van der Waals surface area contributed by atoms with E-state index in [1.165, 1.54) is 3.57 Å². The first-order chi connectivity index (χ1) is 9.31. The fourth-order valence-corrected chi connectivity index (χ4v) is 3.10. The van der Waals surface area contributed by atoms with Crippen LogP contribution in [0.25, 0.3) is 0 Å². The molecule has 20 heavy (non-hydrogen) atoms. The van der Waals surface area contributed by atoms with Gasteiger partial charge in [0.25, 0.3) is 0 Å². The van der Waals surface area contributed by atoms with Crippen LogP contribution in [0.5, 0.6) is 5.75 Å². The topological polar surface area (TPSA) is 26.7 Å². The summed E-state index contributed by atoms with van der Waals surface area (Å²) >= 11 is 2.31. The SMILES string of the molecule is Cc1cc(I)cc(CN(CCCN(C)C)C(C)C)c1O. The van der Waals surface area contributed by atoms with Crippen LogP contribution >= 0.6 is 22.6 Å². The Morgan fingerprint density at radius 2 is 1.85 bits per heavy atom. The fraction of sp³-hybridized carbons (Fsp3) is 0.625. The first kappa shape index (κ1) is 17.7. The molecule has 114 valence electrons. The molecule has 0 saturated heterocycles. The zero-order valence-electron chi connectivity index (χ0n) is 13.3. The Morgan fingerprint density at radius 1 is 1.20 bits per heavy atom. The van der Waals surface area contributed by atoms with Crippen molar-refractivity contribution in [3.05, 3.63) is 26.8 Å². The van der Waals surface area contributed by atoms with E-state index in [4.69, 9.17) is 0 Å². The number of nitrogens with zero attached hydrogens (tertiary/aromatic N) is 2. The van der Waals surface area contributed by atoms with Gasteiger partial charge in [-0.25, -0.2) is 0 Å². The van der Waals surface area contributed by atoms with E-state index < -0.39 is 0 Å². The maximum atomic E-state index is 10.2. The van der Waals surface area contributed by atoms with Crippen molar-refractivity contribution in [3.63, 3.8) is 0 Å². The van der Waals surface area contributed by atoms with Gasteiger partial charge >= 0.3 is 0 Å². The van der Waals surface area contributed by atoms with Crippen LogP contribution in [0.15, 0.2) is 12.1 Å². The van der Waals surface area contributed by atoms with Crippen LogP contribution < -0.4 is 0 Å². The number of halogens is 1. The zero-order valence-corrected chi connectivity index (χ0v) is 15.4. The Balaban J connectivity index is 2.75. The molecule has 1 rings (SSSR count). The minimum absolute atomic E-state index is 0.448. The second-order valence-corrected chi connectivity index (χ2v) is 7.20. The quantitative estimate of drug-likeness (QED) is 0.723. The Hall–Kier alpha value is -0.330. The molecular weight excluding hydrogens is 363 g/mol. The lowest BCUT2D eigenvalue weighted by atomic mass is 10.1. The van der Waals surface area contributed by atoms with E-state index in [1.54, 1.807) is 0 Å². The van der Waals surface area contributed by atoms with Crippen molar-refractivity contribution in [2.75, 3.05) is 27.2 Å². The van der Waals surface area contributed by atoms with Gasteiger partial charge < -0.3 is 10.0 Å². The molecule has 0 atom stereocenters. The molecule has 1 N–H and O–H groups in total. The number of benzene rings is 1. The van der Waals surface area contributed by atoms with Crippen LogP contribution in [0, 0.1) is 10.5 Å². The lowest BCUT2D eigenvalue weighted by molar-refractivity contribution is 0.199. The third-order valence-electron chi connectivity index (χ3n) is 3.50. The summed E-state index contributed by atoms with van der Waals surface area (Å²) in [6.45, 7) is 9.36. The molecule has 0 amide bonds. The van der Waals surface area contributed by atoms with Gasteiger partial charge in [0, 0.05) is 21.7 Å². The molecular formula is C16H27IN2O. The summed E-state index contributed by atoms with van der Waals surface area (Å²) < 4.78 is 1.19. The monoisotopic (exact) mass is 390 g/mol. The van der Waals surface area contributed by atoms with E-state index in [-0.39, 0.29) is 0 Å². The van der Waals surface area contributed by atoms with Crippen LogP contribution in [0.1, 0.15) is 31.4 Å². The summed E-state index contributed by atoms with van der Waals surface area (Å²) in [7, 11) is 4.21. The average Bonchev–Trinajstić information content (AvgIpc) is 2.33. The number of phenolic OH excluding ortho intramolecular Hbond substituents is 1. The Kier molecular flexibility index (Phi) is 7.26. The molecule has 0 heterocycles. The number of aryl methyl sites for hydroxylation is 1. The molecule has 0 radical (unpaired) electrons. The van der Waals surface area contributed by atoms with Crippen molar-refractivity contribution in [1.29, 1.82) is 0 Å². The molecule has 1 aromatic rings. The summed E-state index contributed by atoms with van der Waals surface area (Å²) in [5.41, 5.74) is 2.00. The Morgan fingerprint density at radius 3 is 2.40 bits per heavy atom. The highest BCUT2D eigenvalue weighted by molar-refractivity contribution is 14.1. The maximum absolute atomic E-state index is 10.2. The number of phenols is 1. The van der Waals surface area contributed by atoms with Gasteiger partial charge in [0.1, 0.15) is 5.75 Å². The predicted molar refractivity (Wildman–Crippen MR) is 94.3 cm³/mol. The van der Waals surface area contributed by atoms with Crippen LogP contribution in [0.4, 0.5) is 0 Å². The summed E-state index contributed by atoms with van der Waals surface area (Å²) in [4.78, 5) is 4.64. The van der Waals surface area contributed by atoms with Crippen molar-refractivity contribution in [3.8, 4) is 5.75 Å². The van der Waals surface area contributed by atoms with E-state index >= 15 is 0 Å². The molecule has 1 aromatic carbocycles. The first-order valence-electron chi connectivity index (χ1n) is 7.18. The molecule has 0 aliphatic heterocycles. The fourth-order valence-electron chi connectivity index (χ4n) is 2.25. The van der Waals surface area contributed by atoms with Crippen molar-refractivity contribution in [1.82, 2.24) is 9.80 Å². The third kappa shape index (κ3) is 5.58. The molecule has 3 nitrogen and oxygen atoms in total. The van der Waals surface area contributed by atoms with E-state index in [0.717, 1.165) is 37.2 Å².